The molecule has 7 heteroatoms. The van der Waals surface area contributed by atoms with Crippen molar-refractivity contribution in [3.8, 4) is 0 Å². The maximum absolute atomic E-state index is 10.1. The minimum absolute atomic E-state index is 0. The van der Waals surface area contributed by atoms with Gasteiger partial charge in [0.15, 0.2) is 0 Å². The van der Waals surface area contributed by atoms with Crippen molar-refractivity contribution in [2.45, 2.75) is 52.6 Å². The Morgan fingerprint density at radius 1 is 0.842 bits per heavy atom. The van der Waals surface area contributed by atoms with Gasteiger partial charge >= 0.3 is 11.9 Å². The van der Waals surface area contributed by atoms with Gasteiger partial charge in [0.2, 0.25) is 0 Å². The molecule has 0 amide bonds. The summed E-state index contributed by atoms with van der Waals surface area (Å²) < 4.78 is 0. The Morgan fingerprint density at radius 2 is 1.05 bits per heavy atom. The van der Waals surface area contributed by atoms with Crippen LogP contribution in [0.5, 0.6) is 0 Å². The first-order chi connectivity index (χ1) is 8.07. The van der Waals surface area contributed by atoms with E-state index in [1.54, 1.807) is 0 Å². The molecule has 0 aromatic rings. The van der Waals surface area contributed by atoms with Gasteiger partial charge in [-0.3, -0.25) is 9.59 Å². The van der Waals surface area contributed by atoms with Crippen molar-refractivity contribution in [1.82, 2.24) is 0 Å². The molecule has 0 heterocycles. The Kier molecular flexibility index (Phi) is 15.8. The second-order valence-corrected chi connectivity index (χ2v) is 5.15. The number of nitrogens with two attached hydrogens (primary N) is 2. The molecule has 0 spiro atoms. The quantitative estimate of drug-likeness (QED) is 0.497. The summed E-state index contributed by atoms with van der Waals surface area (Å²) in [6.45, 7) is 7.79. The molecule has 0 fully saturated rings. The number of rotatable bonds is 6. The standard InChI is InChI=1S/2C6H13NO2.Sn/c2*1-4(2)3-5(7)6(8)9;/h2*4-5H,3,7H2,1-2H3,(H,8,9);. The van der Waals surface area contributed by atoms with Gasteiger partial charge in [0.1, 0.15) is 12.1 Å². The Hall–Kier alpha value is -0.341. The average molecular weight is 381 g/mol. The smallest absolute Gasteiger partial charge is 0.320 e. The van der Waals surface area contributed by atoms with Crippen LogP contribution in [0.3, 0.4) is 0 Å². The van der Waals surface area contributed by atoms with Gasteiger partial charge in [0, 0.05) is 23.9 Å². The zero-order valence-corrected chi connectivity index (χ0v) is 14.9. The molecular formula is C12H26N2O4Sn. The van der Waals surface area contributed by atoms with Crippen molar-refractivity contribution in [2.75, 3.05) is 0 Å². The van der Waals surface area contributed by atoms with Gasteiger partial charge in [0.05, 0.1) is 0 Å². The summed E-state index contributed by atoms with van der Waals surface area (Å²) in [7, 11) is 0. The third-order valence-electron chi connectivity index (χ3n) is 2.09. The van der Waals surface area contributed by atoms with Crippen LogP contribution in [0.2, 0.25) is 0 Å². The summed E-state index contributed by atoms with van der Waals surface area (Å²) in [5.74, 6) is -1.11. The van der Waals surface area contributed by atoms with Gasteiger partial charge in [-0.1, -0.05) is 27.7 Å². The molecule has 19 heavy (non-hydrogen) atoms. The molecule has 6 N–H and O–H groups in total. The van der Waals surface area contributed by atoms with E-state index in [-0.39, 0.29) is 23.9 Å². The zero-order valence-electron chi connectivity index (χ0n) is 12.1. The molecule has 0 aliphatic rings. The van der Waals surface area contributed by atoms with Crippen LogP contribution in [0.4, 0.5) is 0 Å². The fraction of sp³-hybridized carbons (Fsp3) is 0.833. The Bertz CT molecular complexity index is 234. The minimum Gasteiger partial charge on any atom is -0.480 e. The van der Waals surface area contributed by atoms with E-state index in [1.807, 2.05) is 27.7 Å². The predicted molar refractivity (Wildman–Crippen MR) is 75.9 cm³/mol. The molecule has 0 bridgehead atoms. The fourth-order valence-electron chi connectivity index (χ4n) is 1.22. The summed E-state index contributed by atoms with van der Waals surface area (Å²) in [5.41, 5.74) is 10.4. The van der Waals surface area contributed by atoms with E-state index in [2.05, 4.69) is 0 Å². The van der Waals surface area contributed by atoms with E-state index in [1.165, 1.54) is 0 Å². The van der Waals surface area contributed by atoms with Crippen molar-refractivity contribution in [3.63, 3.8) is 0 Å². The topological polar surface area (TPSA) is 127 Å². The van der Waals surface area contributed by atoms with Crippen LogP contribution in [0.1, 0.15) is 40.5 Å². The van der Waals surface area contributed by atoms with Crippen molar-refractivity contribution in [3.05, 3.63) is 0 Å². The van der Waals surface area contributed by atoms with Crippen LogP contribution < -0.4 is 11.5 Å². The zero-order chi connectivity index (χ0) is 14.9. The molecular weight excluding hydrogens is 355 g/mol. The van der Waals surface area contributed by atoms with Gasteiger partial charge in [-0.25, -0.2) is 0 Å². The molecule has 4 radical (unpaired) electrons. The van der Waals surface area contributed by atoms with Crippen LogP contribution in [-0.2, 0) is 9.59 Å². The van der Waals surface area contributed by atoms with Crippen molar-refractivity contribution >= 4 is 35.8 Å². The Labute approximate surface area is 131 Å². The molecule has 112 valence electrons. The first-order valence-corrected chi connectivity index (χ1v) is 6.04. The number of hydrogen-bond acceptors (Lipinski definition) is 4. The van der Waals surface area contributed by atoms with Crippen LogP contribution in [-0.4, -0.2) is 58.1 Å². The molecule has 0 aromatic heterocycles. The van der Waals surface area contributed by atoms with Crippen molar-refractivity contribution < 1.29 is 19.8 Å². The first kappa shape index (κ1) is 23.7. The summed E-state index contributed by atoms with van der Waals surface area (Å²) in [4.78, 5) is 20.2. The number of carboxylic acids is 2. The normalized spacial score (nSPS) is 13.1. The van der Waals surface area contributed by atoms with Gasteiger partial charge < -0.3 is 21.7 Å². The maximum Gasteiger partial charge on any atom is 0.320 e. The second kappa shape index (κ2) is 12.7. The fourth-order valence-corrected chi connectivity index (χ4v) is 1.22. The molecule has 2 atom stereocenters. The minimum atomic E-state index is -0.913. The maximum atomic E-state index is 10.1. The van der Waals surface area contributed by atoms with Crippen molar-refractivity contribution in [2.24, 2.45) is 23.3 Å². The molecule has 0 aromatic carbocycles. The van der Waals surface area contributed by atoms with Crippen LogP contribution in [0.25, 0.3) is 0 Å². The first-order valence-electron chi connectivity index (χ1n) is 6.04. The van der Waals surface area contributed by atoms with Crippen LogP contribution >= 0.6 is 0 Å². The van der Waals surface area contributed by atoms with Gasteiger partial charge in [-0.2, -0.15) is 0 Å². The number of carboxylic acid groups (broad SMARTS) is 2. The average Bonchev–Trinajstić information content (AvgIpc) is 2.16. The monoisotopic (exact) mass is 382 g/mol. The number of carbonyl (C=O) groups is 2. The molecule has 0 saturated carbocycles. The van der Waals surface area contributed by atoms with E-state index in [0.29, 0.717) is 24.7 Å². The Morgan fingerprint density at radius 3 is 1.11 bits per heavy atom. The van der Waals surface area contributed by atoms with E-state index < -0.39 is 24.0 Å². The molecule has 2 unspecified atom stereocenters. The number of hydrogen-bond donors (Lipinski definition) is 4. The van der Waals surface area contributed by atoms with E-state index in [9.17, 15) is 9.59 Å². The second-order valence-electron chi connectivity index (χ2n) is 5.15. The molecule has 6 nitrogen and oxygen atoms in total. The van der Waals surface area contributed by atoms with E-state index in [4.69, 9.17) is 21.7 Å². The third-order valence-corrected chi connectivity index (χ3v) is 2.09. The van der Waals surface area contributed by atoms with E-state index in [0.717, 1.165) is 0 Å². The van der Waals surface area contributed by atoms with Gasteiger partial charge in [0.25, 0.3) is 0 Å². The summed E-state index contributed by atoms with van der Waals surface area (Å²) in [6, 6.07) is -1.38. The largest absolute Gasteiger partial charge is 0.480 e. The number of aliphatic carboxylic acids is 2. The molecule has 0 aliphatic carbocycles. The summed E-state index contributed by atoms with van der Waals surface area (Å²) in [6.07, 6.45) is 1.10. The Balaban J connectivity index is -0.000000256. The van der Waals surface area contributed by atoms with Gasteiger partial charge in [-0.05, 0) is 24.7 Å². The van der Waals surface area contributed by atoms with E-state index >= 15 is 0 Å². The molecule has 0 aliphatic heterocycles. The van der Waals surface area contributed by atoms with Crippen molar-refractivity contribution in [1.29, 1.82) is 0 Å². The third kappa shape index (κ3) is 17.7. The van der Waals surface area contributed by atoms with Crippen LogP contribution in [0.15, 0.2) is 0 Å². The molecule has 0 rings (SSSR count). The van der Waals surface area contributed by atoms with Crippen LogP contribution in [0, 0.1) is 11.8 Å². The SMILES string of the molecule is CC(C)CC(N)C(=O)O.CC(C)CC(N)C(=O)O.[Sn]. The van der Waals surface area contributed by atoms with Gasteiger partial charge in [-0.15, -0.1) is 0 Å². The summed E-state index contributed by atoms with van der Waals surface area (Å²) >= 11 is 0. The summed E-state index contributed by atoms with van der Waals surface area (Å²) in [5, 5.41) is 16.6. The predicted octanol–water partition coefficient (Wildman–Crippen LogP) is 0.508. The molecule has 0 saturated heterocycles.